The molecule has 0 aliphatic carbocycles. The number of aliphatic hydroxyl groups is 2. The molecule has 8 heteroatoms. The van der Waals surface area contributed by atoms with Crippen LogP contribution < -0.4 is 0 Å². The summed E-state index contributed by atoms with van der Waals surface area (Å²) >= 11 is 0. The molecular formula is C23H52O7S. The minimum Gasteiger partial charge on any atom is -0.394 e. The highest BCUT2D eigenvalue weighted by Gasteiger charge is 2.02. The second kappa shape index (κ2) is 79.2. The lowest BCUT2D eigenvalue weighted by atomic mass is 10.2. The lowest BCUT2D eigenvalue weighted by Gasteiger charge is -1.99. The Labute approximate surface area is 194 Å². The number of rotatable bonds is 10. The number of hydrogen-bond donors (Lipinski definition) is 3. The van der Waals surface area contributed by atoms with E-state index in [0.717, 1.165) is 38.9 Å². The lowest BCUT2D eigenvalue weighted by Crippen LogP contribution is -2.04. The highest BCUT2D eigenvalue weighted by molar-refractivity contribution is 7.80. The van der Waals surface area contributed by atoms with Crippen LogP contribution in [0.4, 0.5) is 0 Å². The van der Waals surface area contributed by atoms with Gasteiger partial charge >= 0.3 is 10.4 Å². The van der Waals surface area contributed by atoms with E-state index in [1.807, 2.05) is 13.8 Å². The zero-order chi connectivity index (χ0) is 27.0. The van der Waals surface area contributed by atoms with Crippen molar-refractivity contribution in [2.45, 2.75) is 52.9 Å². The van der Waals surface area contributed by atoms with Gasteiger partial charge in [-0.1, -0.05) is 32.6 Å². The zero-order valence-corrected chi connectivity index (χ0v) is 21.3. The molecular weight excluding hydrogens is 420 g/mol. The Kier molecular flexibility index (Phi) is 132. The fraction of sp³-hybridized carbons (Fsp3) is 0.565. The average molecular weight is 473 g/mol. The van der Waals surface area contributed by atoms with Crippen molar-refractivity contribution in [1.29, 1.82) is 0 Å². The summed E-state index contributed by atoms with van der Waals surface area (Å²) in [5.74, 6) is 0. The van der Waals surface area contributed by atoms with Crippen LogP contribution >= 0.6 is 0 Å². The van der Waals surface area contributed by atoms with Crippen LogP contribution in [0.5, 0.6) is 0 Å². The summed E-state index contributed by atoms with van der Waals surface area (Å²) < 4.78 is 37.2. The van der Waals surface area contributed by atoms with Gasteiger partial charge < -0.3 is 14.9 Å². The summed E-state index contributed by atoms with van der Waals surface area (Å²) in [5, 5.41) is 15.2. The molecule has 0 saturated heterocycles. The van der Waals surface area contributed by atoms with E-state index < -0.39 is 10.4 Å². The molecule has 0 spiro atoms. The topological polar surface area (TPSA) is 113 Å². The molecule has 0 aromatic heterocycles. The number of unbranched alkanes of at least 4 members (excludes halogenated alkanes) is 4. The van der Waals surface area contributed by atoms with Crippen molar-refractivity contribution in [2.24, 2.45) is 0 Å². The average Bonchev–Trinajstić information content (AvgIpc) is 2.83. The summed E-state index contributed by atoms with van der Waals surface area (Å²) in [7, 11) is -4.22. The van der Waals surface area contributed by atoms with Crippen molar-refractivity contribution in [3.8, 4) is 0 Å². The molecule has 0 aliphatic rings. The Morgan fingerprint density at radius 1 is 0.645 bits per heavy atom. The summed E-state index contributed by atoms with van der Waals surface area (Å²) in [6.45, 7) is 37.6. The lowest BCUT2D eigenvalue weighted by molar-refractivity contribution is 0.162. The highest BCUT2D eigenvalue weighted by Crippen LogP contribution is 2.02. The Bertz CT molecular complexity index is 308. The molecule has 192 valence electrons. The van der Waals surface area contributed by atoms with Crippen LogP contribution in [-0.2, 0) is 19.3 Å². The second-order valence-electron chi connectivity index (χ2n) is 3.89. The SMILES string of the molecule is C=C.C=C.C=C.C=C.C=C.CCCCCCCOS(=O)(=O)O.CCOCC.OCCO. The molecule has 31 heavy (non-hydrogen) atoms. The van der Waals surface area contributed by atoms with Crippen LogP contribution in [0.3, 0.4) is 0 Å². The molecule has 0 aromatic rings. The summed E-state index contributed by atoms with van der Waals surface area (Å²) in [4.78, 5) is 0. The van der Waals surface area contributed by atoms with Gasteiger partial charge in [0.15, 0.2) is 0 Å². The third-order valence-electron chi connectivity index (χ3n) is 1.99. The van der Waals surface area contributed by atoms with Crippen LogP contribution in [0.25, 0.3) is 0 Å². The molecule has 0 unspecified atom stereocenters. The van der Waals surface area contributed by atoms with Crippen molar-refractivity contribution in [3.05, 3.63) is 65.8 Å². The highest BCUT2D eigenvalue weighted by atomic mass is 32.3. The van der Waals surface area contributed by atoms with E-state index in [4.69, 9.17) is 19.5 Å². The Morgan fingerprint density at radius 3 is 1.16 bits per heavy atom. The van der Waals surface area contributed by atoms with Gasteiger partial charge in [-0.15, -0.1) is 65.8 Å². The molecule has 3 N–H and O–H groups in total. The fourth-order valence-electron chi connectivity index (χ4n) is 1.07. The van der Waals surface area contributed by atoms with E-state index in [1.54, 1.807) is 0 Å². The van der Waals surface area contributed by atoms with E-state index in [-0.39, 0.29) is 19.8 Å². The maximum atomic E-state index is 10.1. The van der Waals surface area contributed by atoms with Gasteiger partial charge in [0.1, 0.15) is 0 Å². The molecule has 0 radical (unpaired) electrons. The summed E-state index contributed by atoms with van der Waals surface area (Å²) in [5.41, 5.74) is 0. The molecule has 0 rings (SSSR count). The van der Waals surface area contributed by atoms with Crippen molar-refractivity contribution in [3.63, 3.8) is 0 Å². The quantitative estimate of drug-likeness (QED) is 0.209. The third kappa shape index (κ3) is 182. The van der Waals surface area contributed by atoms with Crippen molar-refractivity contribution in [1.82, 2.24) is 0 Å². The van der Waals surface area contributed by atoms with Crippen molar-refractivity contribution < 1.29 is 32.1 Å². The Morgan fingerprint density at radius 2 is 0.968 bits per heavy atom. The number of hydrogen-bond acceptors (Lipinski definition) is 6. The van der Waals surface area contributed by atoms with Gasteiger partial charge in [-0.05, 0) is 20.3 Å². The molecule has 0 bridgehead atoms. The van der Waals surface area contributed by atoms with Gasteiger partial charge in [-0.3, -0.25) is 4.55 Å². The van der Waals surface area contributed by atoms with E-state index in [2.05, 4.69) is 76.9 Å². The molecule has 0 aliphatic heterocycles. The van der Waals surface area contributed by atoms with E-state index in [1.165, 1.54) is 0 Å². The summed E-state index contributed by atoms with van der Waals surface area (Å²) in [6.07, 6.45) is 5.03. The van der Waals surface area contributed by atoms with Crippen molar-refractivity contribution >= 4 is 10.4 Å². The molecule has 7 nitrogen and oxygen atoms in total. The Hall–Kier alpha value is -1.55. The largest absolute Gasteiger partial charge is 0.397 e. The molecule has 0 aromatic carbocycles. The van der Waals surface area contributed by atoms with Gasteiger partial charge in [-0.25, -0.2) is 4.18 Å². The normalized spacial score (nSPS) is 7.55. The maximum absolute atomic E-state index is 10.1. The van der Waals surface area contributed by atoms with E-state index in [9.17, 15) is 8.42 Å². The predicted octanol–water partition coefficient (Wildman–Crippen LogP) is 5.80. The van der Waals surface area contributed by atoms with Crippen LogP contribution in [0.15, 0.2) is 65.8 Å². The van der Waals surface area contributed by atoms with Crippen LogP contribution in [0.1, 0.15) is 52.9 Å². The predicted molar refractivity (Wildman–Crippen MR) is 139 cm³/mol. The van der Waals surface area contributed by atoms with Gasteiger partial charge in [0, 0.05) is 13.2 Å². The zero-order valence-electron chi connectivity index (χ0n) is 20.5. The third-order valence-corrected chi connectivity index (χ3v) is 2.45. The molecule has 0 amide bonds. The molecule has 0 saturated carbocycles. The first-order valence-corrected chi connectivity index (χ1v) is 11.2. The fourth-order valence-corrected chi connectivity index (χ4v) is 1.40. The molecule has 0 atom stereocenters. The standard InChI is InChI=1S/C7H16O4S.C4H10O.C2H6O2.5C2H4/c1-2-3-4-5-6-7-11-12(8,9)10;1-3-5-4-2;3-1-2-4;5*1-2/h2-7H2,1H3,(H,8,9,10);3-4H2,1-2H3;3-4H,1-2H2;5*1-2H2. The van der Waals surface area contributed by atoms with Crippen LogP contribution in [0.2, 0.25) is 0 Å². The first-order chi connectivity index (χ1) is 14.9. The summed E-state index contributed by atoms with van der Waals surface area (Å²) in [6, 6.07) is 0. The molecule has 0 heterocycles. The van der Waals surface area contributed by atoms with Crippen LogP contribution in [-0.4, -0.2) is 56.2 Å². The maximum Gasteiger partial charge on any atom is 0.397 e. The minimum absolute atomic E-state index is 0.0859. The first-order valence-electron chi connectivity index (χ1n) is 9.80. The van der Waals surface area contributed by atoms with Gasteiger partial charge in [0.2, 0.25) is 0 Å². The van der Waals surface area contributed by atoms with Crippen molar-refractivity contribution in [2.75, 3.05) is 33.0 Å². The monoisotopic (exact) mass is 472 g/mol. The molecule has 0 fully saturated rings. The van der Waals surface area contributed by atoms with Gasteiger partial charge in [0.05, 0.1) is 19.8 Å². The van der Waals surface area contributed by atoms with Gasteiger partial charge in [0.25, 0.3) is 0 Å². The number of ether oxygens (including phenoxy) is 1. The Balaban J connectivity index is -0.0000000390. The number of aliphatic hydroxyl groups excluding tert-OH is 2. The minimum atomic E-state index is -4.22. The van der Waals surface area contributed by atoms with E-state index >= 15 is 0 Å². The smallest absolute Gasteiger partial charge is 0.394 e. The van der Waals surface area contributed by atoms with Crippen LogP contribution in [0, 0.1) is 0 Å². The second-order valence-corrected chi connectivity index (χ2v) is 4.98. The van der Waals surface area contributed by atoms with Gasteiger partial charge in [-0.2, -0.15) is 8.42 Å². The first kappa shape index (κ1) is 51.8. The van der Waals surface area contributed by atoms with E-state index in [0.29, 0.717) is 6.42 Å².